The van der Waals surface area contributed by atoms with Crippen LogP contribution in [-0.4, -0.2) is 11.5 Å². The van der Waals surface area contributed by atoms with Crippen LogP contribution in [0.25, 0.3) is 0 Å². The number of ether oxygens (including phenoxy) is 1. The van der Waals surface area contributed by atoms with Gasteiger partial charge in [0.2, 0.25) is 0 Å². The standard InChI is InChI=1S/C30H33FN2O2/c1-7-28(24-11-9-13-27(20-24)34-26-12-8-10-22(4)19-26)35-33-29(30(5,6)31)32-25-16-14-23(15-17-25)18-21(2)3/h1,8-17,19-21,28H,18H2,2-6H3,(H,32,33). The molecule has 4 nitrogen and oxygen atoms in total. The third-order valence-electron chi connectivity index (χ3n) is 5.20. The SMILES string of the molecule is C#CC(ONC(=Nc1ccc(CC(C)C)cc1)C(C)(C)F)c1cccc(Oc2cccc(C)c2)c1. The van der Waals surface area contributed by atoms with Crippen LogP contribution in [0.5, 0.6) is 11.5 Å². The van der Waals surface area contributed by atoms with Gasteiger partial charge in [-0.2, -0.15) is 0 Å². The van der Waals surface area contributed by atoms with Crippen LogP contribution in [0.3, 0.4) is 0 Å². The number of nitrogens with zero attached hydrogens (tertiary/aromatic N) is 1. The molecular weight excluding hydrogens is 439 g/mol. The van der Waals surface area contributed by atoms with Crippen LogP contribution >= 0.6 is 0 Å². The van der Waals surface area contributed by atoms with Crippen LogP contribution in [0.15, 0.2) is 77.8 Å². The Morgan fingerprint density at radius 3 is 2.29 bits per heavy atom. The van der Waals surface area contributed by atoms with Gasteiger partial charge in [0.25, 0.3) is 0 Å². The Kier molecular flexibility index (Phi) is 8.68. The zero-order valence-electron chi connectivity index (χ0n) is 21.0. The lowest BCUT2D eigenvalue weighted by Crippen LogP contribution is -2.39. The van der Waals surface area contributed by atoms with Crippen molar-refractivity contribution in [2.24, 2.45) is 10.9 Å². The second-order valence-electron chi connectivity index (χ2n) is 9.45. The fraction of sp³-hybridized carbons (Fsp3) is 0.300. The Bertz CT molecular complexity index is 1190. The molecule has 0 fully saturated rings. The van der Waals surface area contributed by atoms with E-state index in [4.69, 9.17) is 16.0 Å². The normalized spacial score (nSPS) is 12.8. The van der Waals surface area contributed by atoms with Crippen LogP contribution < -0.4 is 10.2 Å². The first-order valence-electron chi connectivity index (χ1n) is 11.7. The summed E-state index contributed by atoms with van der Waals surface area (Å²) in [6.07, 6.45) is 5.94. The van der Waals surface area contributed by atoms with E-state index >= 15 is 0 Å². The van der Waals surface area contributed by atoms with Gasteiger partial charge in [-0.05, 0) is 86.2 Å². The van der Waals surface area contributed by atoms with E-state index in [1.807, 2.05) is 73.7 Å². The fourth-order valence-electron chi connectivity index (χ4n) is 3.45. The lowest BCUT2D eigenvalue weighted by Gasteiger charge is -2.21. The van der Waals surface area contributed by atoms with E-state index < -0.39 is 11.8 Å². The van der Waals surface area contributed by atoms with Crippen molar-refractivity contribution in [3.8, 4) is 23.8 Å². The number of aliphatic imine (C=N–C) groups is 1. The van der Waals surface area contributed by atoms with Crippen molar-refractivity contribution in [3.05, 3.63) is 89.5 Å². The minimum atomic E-state index is -1.77. The quantitative estimate of drug-likeness (QED) is 0.150. The van der Waals surface area contributed by atoms with E-state index in [0.29, 0.717) is 22.9 Å². The Labute approximate surface area is 208 Å². The molecule has 0 aliphatic rings. The zero-order chi connectivity index (χ0) is 25.4. The first-order valence-corrected chi connectivity index (χ1v) is 11.7. The molecule has 0 spiro atoms. The van der Waals surface area contributed by atoms with E-state index in [1.54, 1.807) is 6.07 Å². The maximum Gasteiger partial charge on any atom is 0.170 e. The molecule has 3 aromatic rings. The molecule has 35 heavy (non-hydrogen) atoms. The Balaban J connectivity index is 1.74. The molecule has 3 aromatic carbocycles. The van der Waals surface area contributed by atoms with Crippen LogP contribution in [0.2, 0.25) is 0 Å². The van der Waals surface area contributed by atoms with Crippen LogP contribution in [0.1, 0.15) is 50.5 Å². The van der Waals surface area contributed by atoms with Crippen molar-refractivity contribution in [1.82, 2.24) is 5.48 Å². The third-order valence-corrected chi connectivity index (χ3v) is 5.20. The molecule has 0 saturated heterocycles. The number of hydrogen-bond acceptors (Lipinski definition) is 3. The summed E-state index contributed by atoms with van der Waals surface area (Å²) in [7, 11) is 0. The van der Waals surface area contributed by atoms with Gasteiger partial charge in [0.1, 0.15) is 11.5 Å². The molecule has 1 N–H and O–H groups in total. The van der Waals surface area contributed by atoms with Crippen molar-refractivity contribution in [1.29, 1.82) is 0 Å². The minimum Gasteiger partial charge on any atom is -0.457 e. The van der Waals surface area contributed by atoms with Gasteiger partial charge in [-0.25, -0.2) is 14.9 Å². The maximum absolute atomic E-state index is 14.9. The van der Waals surface area contributed by atoms with Crippen molar-refractivity contribution in [2.75, 3.05) is 0 Å². The van der Waals surface area contributed by atoms with Crippen LogP contribution in [-0.2, 0) is 11.3 Å². The monoisotopic (exact) mass is 472 g/mol. The second-order valence-corrected chi connectivity index (χ2v) is 9.45. The third kappa shape index (κ3) is 7.98. The summed E-state index contributed by atoms with van der Waals surface area (Å²) in [5.41, 5.74) is 4.53. The van der Waals surface area contributed by atoms with Gasteiger partial charge in [-0.15, -0.1) is 6.42 Å². The number of hydrogen-bond donors (Lipinski definition) is 1. The molecule has 0 amide bonds. The highest BCUT2D eigenvalue weighted by Gasteiger charge is 2.26. The molecule has 3 rings (SSSR count). The number of hydroxylamine groups is 1. The van der Waals surface area contributed by atoms with Crippen LogP contribution in [0, 0.1) is 25.2 Å². The van der Waals surface area contributed by atoms with Gasteiger partial charge in [-0.3, -0.25) is 4.84 Å². The summed E-state index contributed by atoms with van der Waals surface area (Å²) in [4.78, 5) is 10.2. The maximum atomic E-state index is 14.9. The van der Waals surface area contributed by atoms with Crippen molar-refractivity contribution in [3.63, 3.8) is 0 Å². The molecule has 0 radical (unpaired) electrons. The van der Waals surface area contributed by atoms with Gasteiger partial charge < -0.3 is 4.74 Å². The predicted molar refractivity (Wildman–Crippen MR) is 141 cm³/mol. The molecule has 0 aliphatic carbocycles. The number of aryl methyl sites for hydroxylation is 1. The highest BCUT2D eigenvalue weighted by molar-refractivity contribution is 5.91. The highest BCUT2D eigenvalue weighted by Crippen LogP contribution is 2.27. The largest absolute Gasteiger partial charge is 0.457 e. The van der Waals surface area contributed by atoms with Crippen molar-refractivity contribution < 1.29 is 14.0 Å². The van der Waals surface area contributed by atoms with Gasteiger partial charge in [0.15, 0.2) is 17.6 Å². The number of halogens is 1. The first kappa shape index (κ1) is 26.0. The Morgan fingerprint density at radius 1 is 1.03 bits per heavy atom. The predicted octanol–water partition coefficient (Wildman–Crippen LogP) is 7.66. The summed E-state index contributed by atoms with van der Waals surface area (Å²) < 4.78 is 20.9. The zero-order valence-corrected chi connectivity index (χ0v) is 21.0. The number of rotatable bonds is 9. The summed E-state index contributed by atoms with van der Waals surface area (Å²) in [5, 5.41) is 0. The molecule has 5 heteroatoms. The topological polar surface area (TPSA) is 42.8 Å². The fourth-order valence-corrected chi connectivity index (χ4v) is 3.45. The van der Waals surface area contributed by atoms with Gasteiger partial charge in [0, 0.05) is 0 Å². The van der Waals surface area contributed by atoms with E-state index in [9.17, 15) is 4.39 Å². The van der Waals surface area contributed by atoms with E-state index in [0.717, 1.165) is 17.7 Å². The molecular formula is C30H33FN2O2. The molecule has 1 atom stereocenters. The average Bonchev–Trinajstić information content (AvgIpc) is 2.79. The summed E-state index contributed by atoms with van der Waals surface area (Å²) in [6, 6.07) is 22.8. The van der Waals surface area contributed by atoms with E-state index in [-0.39, 0.29) is 5.84 Å². The van der Waals surface area contributed by atoms with E-state index in [2.05, 4.69) is 30.2 Å². The van der Waals surface area contributed by atoms with Crippen molar-refractivity contribution in [2.45, 2.75) is 52.8 Å². The van der Waals surface area contributed by atoms with Gasteiger partial charge >= 0.3 is 0 Å². The number of benzene rings is 3. The highest BCUT2D eigenvalue weighted by atomic mass is 19.1. The number of terminal acetylenes is 1. The van der Waals surface area contributed by atoms with E-state index in [1.165, 1.54) is 19.4 Å². The Hall–Kier alpha value is -3.62. The lowest BCUT2D eigenvalue weighted by molar-refractivity contribution is 0.0370. The van der Waals surface area contributed by atoms with Gasteiger partial charge in [0.05, 0.1) is 5.69 Å². The molecule has 1 unspecified atom stereocenters. The Morgan fingerprint density at radius 2 is 1.69 bits per heavy atom. The summed E-state index contributed by atoms with van der Waals surface area (Å²) in [6.45, 7) is 9.17. The molecule has 0 aliphatic heterocycles. The molecule has 0 saturated carbocycles. The number of alkyl halides is 1. The lowest BCUT2D eigenvalue weighted by atomic mass is 10.0. The van der Waals surface area contributed by atoms with Crippen molar-refractivity contribution >= 4 is 11.5 Å². The smallest absolute Gasteiger partial charge is 0.170 e. The number of nitrogens with one attached hydrogen (secondary N) is 1. The molecule has 0 heterocycles. The molecule has 0 bridgehead atoms. The average molecular weight is 473 g/mol. The molecule has 182 valence electrons. The second kappa shape index (κ2) is 11.7. The molecule has 0 aromatic heterocycles. The van der Waals surface area contributed by atoms with Crippen LogP contribution in [0.4, 0.5) is 10.1 Å². The number of amidine groups is 1. The first-order chi connectivity index (χ1) is 16.6. The summed E-state index contributed by atoms with van der Waals surface area (Å²) >= 11 is 0. The van der Waals surface area contributed by atoms with Gasteiger partial charge in [-0.1, -0.05) is 56.2 Å². The minimum absolute atomic E-state index is 0.0292. The summed E-state index contributed by atoms with van der Waals surface area (Å²) in [5.74, 6) is 4.53.